The van der Waals surface area contributed by atoms with Gasteiger partial charge in [0, 0.05) is 19.1 Å². The van der Waals surface area contributed by atoms with Crippen LogP contribution in [0.1, 0.15) is 19.3 Å². The zero-order valence-corrected chi connectivity index (χ0v) is 14.2. The molecule has 3 heterocycles. The average molecular weight is 359 g/mol. The van der Waals surface area contributed by atoms with E-state index in [2.05, 4.69) is 15.5 Å². The van der Waals surface area contributed by atoms with Gasteiger partial charge in [0.2, 0.25) is 5.91 Å². The first-order valence-corrected chi connectivity index (χ1v) is 9.88. The van der Waals surface area contributed by atoms with Gasteiger partial charge < -0.3 is 10.2 Å². The molecule has 126 valence electrons. The Labute approximate surface area is 140 Å². The molecule has 2 atom stereocenters. The molecule has 1 aromatic heterocycles. The highest BCUT2D eigenvalue weighted by Crippen LogP contribution is 2.22. The minimum Gasteiger partial charge on any atom is -0.354 e. The van der Waals surface area contributed by atoms with Crippen LogP contribution in [0.2, 0.25) is 5.15 Å². The molecule has 0 radical (unpaired) electrons. The fourth-order valence-electron chi connectivity index (χ4n) is 3.10. The van der Waals surface area contributed by atoms with E-state index in [9.17, 15) is 13.2 Å². The predicted octanol–water partition coefficient (Wildman–Crippen LogP) is 0.650. The van der Waals surface area contributed by atoms with Crippen LogP contribution in [0.25, 0.3) is 0 Å². The maximum Gasteiger partial charge on any atom is 0.225 e. The highest BCUT2D eigenvalue weighted by molar-refractivity contribution is 7.91. The first kappa shape index (κ1) is 16.4. The van der Waals surface area contributed by atoms with E-state index < -0.39 is 9.84 Å². The lowest BCUT2D eigenvalue weighted by Gasteiger charge is -2.33. The van der Waals surface area contributed by atoms with Gasteiger partial charge in [-0.05, 0) is 31.4 Å². The molecule has 23 heavy (non-hydrogen) atoms. The summed E-state index contributed by atoms with van der Waals surface area (Å²) in [5.41, 5.74) is 0. The lowest BCUT2D eigenvalue weighted by molar-refractivity contribution is -0.125. The lowest BCUT2D eigenvalue weighted by atomic mass is 9.96. The van der Waals surface area contributed by atoms with Gasteiger partial charge in [0.1, 0.15) is 0 Å². The topological polar surface area (TPSA) is 92.3 Å². The number of rotatable bonds is 3. The predicted molar refractivity (Wildman–Crippen MR) is 87.2 cm³/mol. The van der Waals surface area contributed by atoms with Gasteiger partial charge in [0.25, 0.3) is 0 Å². The number of halogens is 1. The Morgan fingerprint density at radius 1 is 1.30 bits per heavy atom. The SMILES string of the molecule is O=C(N[C@@H]1CCS(=O)(=O)C1)[C@@H]1CCCN(c2ccc(Cl)nn2)C1. The van der Waals surface area contributed by atoms with Crippen molar-refractivity contribution < 1.29 is 13.2 Å². The van der Waals surface area contributed by atoms with Crippen LogP contribution in [0.5, 0.6) is 0 Å². The van der Waals surface area contributed by atoms with Crippen molar-refractivity contribution >= 4 is 33.2 Å². The van der Waals surface area contributed by atoms with Gasteiger partial charge in [0.15, 0.2) is 20.8 Å². The van der Waals surface area contributed by atoms with Crippen LogP contribution >= 0.6 is 11.6 Å². The van der Waals surface area contributed by atoms with E-state index in [0.717, 1.165) is 19.4 Å². The molecule has 1 amide bonds. The Morgan fingerprint density at radius 2 is 2.13 bits per heavy atom. The molecule has 7 nitrogen and oxygen atoms in total. The molecule has 9 heteroatoms. The number of nitrogens with one attached hydrogen (secondary N) is 1. The number of carbonyl (C=O) groups excluding carboxylic acids is 1. The van der Waals surface area contributed by atoms with Crippen molar-refractivity contribution in [3.05, 3.63) is 17.3 Å². The van der Waals surface area contributed by atoms with Gasteiger partial charge in [-0.25, -0.2) is 8.42 Å². The van der Waals surface area contributed by atoms with Crippen LogP contribution in [0.4, 0.5) is 5.82 Å². The zero-order chi connectivity index (χ0) is 16.4. The molecular formula is C14H19ClN4O3S. The number of carbonyl (C=O) groups is 1. The number of hydrogen-bond acceptors (Lipinski definition) is 6. The van der Waals surface area contributed by atoms with Crippen LogP contribution in [-0.4, -0.2) is 55.2 Å². The molecule has 2 saturated heterocycles. The van der Waals surface area contributed by atoms with Crippen molar-refractivity contribution in [3.63, 3.8) is 0 Å². The van der Waals surface area contributed by atoms with Crippen molar-refractivity contribution in [2.75, 3.05) is 29.5 Å². The Kier molecular flexibility index (Phi) is 4.72. The quantitative estimate of drug-likeness (QED) is 0.852. The molecule has 2 aliphatic rings. The number of hydrogen-bond donors (Lipinski definition) is 1. The van der Waals surface area contributed by atoms with E-state index in [1.54, 1.807) is 12.1 Å². The van der Waals surface area contributed by atoms with E-state index >= 15 is 0 Å². The number of amides is 1. The first-order chi connectivity index (χ1) is 10.9. The third-order valence-corrected chi connectivity index (χ3v) is 6.28. The van der Waals surface area contributed by atoms with Gasteiger partial charge in [-0.1, -0.05) is 11.6 Å². The molecule has 0 spiro atoms. The normalized spacial score (nSPS) is 26.9. The minimum atomic E-state index is -2.99. The summed E-state index contributed by atoms with van der Waals surface area (Å²) in [5.74, 6) is 0.686. The van der Waals surface area contributed by atoms with Gasteiger partial charge >= 0.3 is 0 Å². The summed E-state index contributed by atoms with van der Waals surface area (Å²) in [6.45, 7) is 1.37. The molecule has 1 aromatic rings. The Hall–Kier alpha value is -1.41. The summed E-state index contributed by atoms with van der Waals surface area (Å²) in [4.78, 5) is 14.4. The van der Waals surface area contributed by atoms with Gasteiger partial charge in [-0.3, -0.25) is 4.79 Å². The maximum absolute atomic E-state index is 12.4. The Bertz CT molecular complexity index is 680. The fourth-order valence-corrected chi connectivity index (χ4v) is 4.88. The van der Waals surface area contributed by atoms with Crippen LogP contribution in [0.15, 0.2) is 12.1 Å². The molecule has 0 unspecified atom stereocenters. The second kappa shape index (κ2) is 6.60. The van der Waals surface area contributed by atoms with E-state index in [0.29, 0.717) is 23.9 Å². The maximum atomic E-state index is 12.4. The Morgan fingerprint density at radius 3 is 2.78 bits per heavy atom. The van der Waals surface area contributed by atoms with E-state index in [-0.39, 0.29) is 29.4 Å². The fraction of sp³-hybridized carbons (Fsp3) is 0.643. The lowest BCUT2D eigenvalue weighted by Crippen LogP contribution is -2.46. The molecule has 2 aliphatic heterocycles. The van der Waals surface area contributed by atoms with Crippen molar-refractivity contribution in [2.45, 2.75) is 25.3 Å². The van der Waals surface area contributed by atoms with Crippen molar-refractivity contribution in [1.29, 1.82) is 0 Å². The van der Waals surface area contributed by atoms with Crippen LogP contribution in [-0.2, 0) is 14.6 Å². The van der Waals surface area contributed by atoms with E-state index in [1.165, 1.54) is 0 Å². The van der Waals surface area contributed by atoms with Crippen molar-refractivity contribution in [1.82, 2.24) is 15.5 Å². The Balaban J connectivity index is 1.59. The smallest absolute Gasteiger partial charge is 0.225 e. The molecule has 1 N–H and O–H groups in total. The second-order valence-corrected chi connectivity index (χ2v) is 8.72. The van der Waals surface area contributed by atoms with Crippen LogP contribution in [0.3, 0.4) is 0 Å². The third-order valence-electron chi connectivity index (χ3n) is 4.31. The molecule has 0 bridgehead atoms. The largest absolute Gasteiger partial charge is 0.354 e. The van der Waals surface area contributed by atoms with Crippen LogP contribution in [0, 0.1) is 5.92 Å². The third kappa shape index (κ3) is 4.11. The van der Waals surface area contributed by atoms with Gasteiger partial charge in [-0.2, -0.15) is 0 Å². The number of piperidine rings is 1. The summed E-state index contributed by atoms with van der Waals surface area (Å²) in [6, 6.07) is 3.22. The molecule has 2 fully saturated rings. The molecule has 0 aromatic carbocycles. The summed E-state index contributed by atoms with van der Waals surface area (Å²) in [5, 5.41) is 11.1. The standard InChI is InChI=1S/C14H19ClN4O3S/c15-12-3-4-13(18-17-12)19-6-1-2-10(8-19)14(20)16-11-5-7-23(21,22)9-11/h3-4,10-11H,1-2,5-9H2,(H,16,20)/t10-,11-/m1/s1. The zero-order valence-electron chi connectivity index (χ0n) is 12.6. The van der Waals surface area contributed by atoms with E-state index in [1.807, 2.05) is 4.90 Å². The number of sulfone groups is 1. The summed E-state index contributed by atoms with van der Waals surface area (Å²) in [6.07, 6.45) is 2.18. The number of aromatic nitrogens is 2. The average Bonchev–Trinajstić information content (AvgIpc) is 2.87. The monoisotopic (exact) mass is 358 g/mol. The molecular weight excluding hydrogens is 340 g/mol. The molecule has 0 saturated carbocycles. The van der Waals surface area contributed by atoms with Crippen molar-refractivity contribution in [2.24, 2.45) is 5.92 Å². The summed E-state index contributed by atoms with van der Waals surface area (Å²) in [7, 11) is -2.99. The summed E-state index contributed by atoms with van der Waals surface area (Å²) < 4.78 is 23.0. The van der Waals surface area contributed by atoms with Gasteiger partial charge in [0.05, 0.1) is 17.4 Å². The minimum absolute atomic E-state index is 0.0534. The molecule has 0 aliphatic carbocycles. The van der Waals surface area contributed by atoms with Crippen LogP contribution < -0.4 is 10.2 Å². The summed E-state index contributed by atoms with van der Waals surface area (Å²) >= 11 is 5.74. The van der Waals surface area contributed by atoms with Crippen molar-refractivity contribution in [3.8, 4) is 0 Å². The van der Waals surface area contributed by atoms with E-state index in [4.69, 9.17) is 11.6 Å². The first-order valence-electron chi connectivity index (χ1n) is 7.68. The highest BCUT2D eigenvalue weighted by Gasteiger charge is 2.32. The second-order valence-electron chi connectivity index (χ2n) is 6.11. The van der Waals surface area contributed by atoms with Gasteiger partial charge in [-0.15, -0.1) is 10.2 Å². The number of nitrogens with zero attached hydrogens (tertiary/aromatic N) is 3. The number of anilines is 1. The highest BCUT2D eigenvalue weighted by atomic mass is 35.5. The molecule has 3 rings (SSSR count).